The molecule has 6 nitrogen and oxygen atoms in total. The Morgan fingerprint density at radius 2 is 1.77 bits per heavy atom. The van der Waals surface area contributed by atoms with Gasteiger partial charge in [0.2, 0.25) is 5.79 Å². The molecule has 1 atom stereocenters. The Morgan fingerprint density at radius 3 is 2.40 bits per heavy atom. The standard InChI is InChI=1S/C23H28N2O4S/c1-4-30(27)25-13-11-23(12-14-25)28-16-20-15-19(9-10-21(20)29-23)17-5-7-18(8-6-17)22(26)24(2)3/h5-10,15H,4,11-14,16H2,1-3H3. The quantitative estimate of drug-likeness (QED) is 0.749. The summed E-state index contributed by atoms with van der Waals surface area (Å²) < 4.78 is 26.5. The van der Waals surface area contributed by atoms with Gasteiger partial charge in [0.1, 0.15) is 5.75 Å². The van der Waals surface area contributed by atoms with Gasteiger partial charge in [0.25, 0.3) is 5.91 Å². The average molecular weight is 429 g/mol. The van der Waals surface area contributed by atoms with Crippen LogP contribution in [0.4, 0.5) is 0 Å². The molecule has 2 aliphatic heterocycles. The van der Waals surface area contributed by atoms with E-state index in [2.05, 4.69) is 6.07 Å². The molecule has 0 saturated carbocycles. The van der Waals surface area contributed by atoms with Crippen LogP contribution in [-0.4, -0.2) is 58.0 Å². The fraction of sp³-hybridized carbons (Fsp3) is 0.435. The topological polar surface area (TPSA) is 59.1 Å². The largest absolute Gasteiger partial charge is 0.462 e. The predicted molar refractivity (Wildman–Crippen MR) is 118 cm³/mol. The molecule has 0 radical (unpaired) electrons. The van der Waals surface area contributed by atoms with Crippen molar-refractivity contribution < 1.29 is 18.5 Å². The second-order valence-corrected chi connectivity index (χ2v) is 9.68. The summed E-state index contributed by atoms with van der Waals surface area (Å²) in [4.78, 5) is 13.7. The zero-order valence-electron chi connectivity index (χ0n) is 17.7. The van der Waals surface area contributed by atoms with E-state index in [4.69, 9.17) is 9.47 Å². The first-order valence-corrected chi connectivity index (χ1v) is 11.6. The normalized spacial score (nSPS) is 19.0. The van der Waals surface area contributed by atoms with E-state index >= 15 is 0 Å². The summed E-state index contributed by atoms with van der Waals surface area (Å²) in [7, 11) is 2.59. The van der Waals surface area contributed by atoms with E-state index in [1.54, 1.807) is 19.0 Å². The van der Waals surface area contributed by atoms with Crippen LogP contribution in [0.2, 0.25) is 0 Å². The summed E-state index contributed by atoms with van der Waals surface area (Å²) in [5.74, 6) is 0.879. The lowest BCUT2D eigenvalue weighted by Crippen LogP contribution is -2.51. The highest BCUT2D eigenvalue weighted by Crippen LogP contribution is 2.39. The van der Waals surface area contributed by atoms with E-state index in [-0.39, 0.29) is 5.91 Å². The maximum absolute atomic E-state index is 12.1. The number of rotatable bonds is 4. The zero-order chi connectivity index (χ0) is 21.3. The van der Waals surface area contributed by atoms with Gasteiger partial charge in [-0.25, -0.2) is 8.51 Å². The molecule has 2 aromatic rings. The monoisotopic (exact) mass is 428 g/mol. The third kappa shape index (κ3) is 4.15. The molecule has 2 heterocycles. The number of amides is 1. The van der Waals surface area contributed by atoms with E-state index in [9.17, 15) is 9.00 Å². The van der Waals surface area contributed by atoms with E-state index < -0.39 is 16.8 Å². The van der Waals surface area contributed by atoms with Gasteiger partial charge >= 0.3 is 0 Å². The van der Waals surface area contributed by atoms with Crippen LogP contribution in [0, 0.1) is 0 Å². The van der Waals surface area contributed by atoms with Crippen molar-refractivity contribution in [2.24, 2.45) is 0 Å². The van der Waals surface area contributed by atoms with Crippen molar-refractivity contribution in [2.45, 2.75) is 32.2 Å². The number of hydrogen-bond donors (Lipinski definition) is 0. The number of carbonyl (C=O) groups excluding carboxylic acids is 1. The number of nitrogens with zero attached hydrogens (tertiary/aromatic N) is 2. The lowest BCUT2D eigenvalue weighted by Gasteiger charge is -2.43. The van der Waals surface area contributed by atoms with E-state index in [1.165, 1.54) is 0 Å². The van der Waals surface area contributed by atoms with Gasteiger partial charge in [0.05, 0.1) is 17.6 Å². The lowest BCUT2D eigenvalue weighted by molar-refractivity contribution is -0.223. The molecule has 160 valence electrons. The van der Waals surface area contributed by atoms with Crippen LogP contribution >= 0.6 is 0 Å². The van der Waals surface area contributed by atoms with Crippen LogP contribution in [0.1, 0.15) is 35.7 Å². The number of carbonyl (C=O) groups is 1. The van der Waals surface area contributed by atoms with Crippen molar-refractivity contribution in [3.05, 3.63) is 53.6 Å². The molecule has 4 rings (SSSR count). The van der Waals surface area contributed by atoms with Crippen molar-refractivity contribution in [1.82, 2.24) is 9.21 Å². The summed E-state index contributed by atoms with van der Waals surface area (Å²) in [6.45, 7) is 3.87. The first kappa shape index (κ1) is 21.0. The molecule has 1 fully saturated rings. The molecule has 7 heteroatoms. The Labute approximate surface area is 180 Å². The van der Waals surface area contributed by atoms with Crippen molar-refractivity contribution in [1.29, 1.82) is 0 Å². The maximum Gasteiger partial charge on any atom is 0.253 e. The Balaban J connectivity index is 1.47. The molecule has 0 bridgehead atoms. The van der Waals surface area contributed by atoms with Gasteiger partial charge in [0, 0.05) is 56.9 Å². The minimum atomic E-state index is -0.913. The Hall–Kier alpha value is -2.22. The van der Waals surface area contributed by atoms with Crippen molar-refractivity contribution in [3.8, 4) is 16.9 Å². The summed E-state index contributed by atoms with van der Waals surface area (Å²) >= 11 is 0. The summed E-state index contributed by atoms with van der Waals surface area (Å²) in [5.41, 5.74) is 3.80. The summed E-state index contributed by atoms with van der Waals surface area (Å²) in [6, 6.07) is 13.8. The molecule has 2 aromatic carbocycles. The second-order valence-electron chi connectivity index (χ2n) is 7.94. The molecule has 0 aromatic heterocycles. The lowest BCUT2D eigenvalue weighted by atomic mass is 9.99. The minimum absolute atomic E-state index is 0.00657. The minimum Gasteiger partial charge on any atom is -0.462 e. The Kier molecular flexibility index (Phi) is 5.95. The van der Waals surface area contributed by atoms with Crippen LogP contribution in [0.5, 0.6) is 5.75 Å². The number of piperidine rings is 1. The van der Waals surface area contributed by atoms with Crippen LogP contribution in [0.3, 0.4) is 0 Å². The van der Waals surface area contributed by atoms with Crippen molar-refractivity contribution in [2.75, 3.05) is 32.9 Å². The molecule has 1 spiro atoms. The van der Waals surface area contributed by atoms with Gasteiger partial charge in [-0.15, -0.1) is 0 Å². The number of ether oxygens (including phenoxy) is 2. The van der Waals surface area contributed by atoms with Crippen molar-refractivity contribution >= 4 is 16.9 Å². The molecule has 0 aliphatic carbocycles. The highest BCUT2D eigenvalue weighted by molar-refractivity contribution is 7.82. The van der Waals surface area contributed by atoms with Gasteiger partial charge < -0.3 is 14.4 Å². The van der Waals surface area contributed by atoms with Gasteiger partial charge in [-0.2, -0.15) is 0 Å². The molecule has 1 amide bonds. The average Bonchev–Trinajstić information content (AvgIpc) is 2.78. The first-order chi connectivity index (χ1) is 14.4. The van der Waals surface area contributed by atoms with Crippen LogP contribution < -0.4 is 4.74 Å². The van der Waals surface area contributed by atoms with E-state index in [0.717, 1.165) is 22.4 Å². The third-order valence-corrected chi connectivity index (χ3v) is 7.17. The third-order valence-electron chi connectivity index (χ3n) is 5.74. The van der Waals surface area contributed by atoms with E-state index in [0.29, 0.717) is 43.9 Å². The van der Waals surface area contributed by atoms with Crippen LogP contribution in [0.25, 0.3) is 11.1 Å². The Morgan fingerprint density at radius 1 is 1.10 bits per heavy atom. The molecular weight excluding hydrogens is 400 g/mol. The van der Waals surface area contributed by atoms with E-state index in [1.807, 2.05) is 47.6 Å². The molecule has 0 N–H and O–H groups in total. The van der Waals surface area contributed by atoms with Gasteiger partial charge in [-0.3, -0.25) is 4.79 Å². The van der Waals surface area contributed by atoms with Crippen LogP contribution in [-0.2, 0) is 22.3 Å². The summed E-state index contributed by atoms with van der Waals surface area (Å²) in [6.07, 6.45) is 1.42. The number of benzene rings is 2. The van der Waals surface area contributed by atoms with Gasteiger partial charge in [-0.1, -0.05) is 25.1 Å². The first-order valence-electron chi connectivity index (χ1n) is 10.3. The molecule has 1 unspecified atom stereocenters. The van der Waals surface area contributed by atoms with Crippen molar-refractivity contribution in [3.63, 3.8) is 0 Å². The fourth-order valence-electron chi connectivity index (χ4n) is 3.93. The molecule has 2 aliphatic rings. The van der Waals surface area contributed by atoms with Gasteiger partial charge in [0.15, 0.2) is 0 Å². The molecule has 30 heavy (non-hydrogen) atoms. The number of fused-ring (bicyclic) bond motifs is 1. The van der Waals surface area contributed by atoms with Gasteiger partial charge in [-0.05, 0) is 35.4 Å². The Bertz CT molecular complexity index is 950. The molecular formula is C23H28N2O4S. The van der Waals surface area contributed by atoms with Crippen LogP contribution in [0.15, 0.2) is 42.5 Å². The second kappa shape index (κ2) is 8.49. The molecule has 1 saturated heterocycles. The summed E-state index contributed by atoms with van der Waals surface area (Å²) in [5, 5.41) is 0. The zero-order valence-corrected chi connectivity index (χ0v) is 18.5. The maximum atomic E-state index is 12.1. The highest BCUT2D eigenvalue weighted by atomic mass is 32.2. The predicted octanol–water partition coefficient (Wildman–Crippen LogP) is 3.44. The SMILES string of the molecule is CCS(=O)N1CCC2(CC1)OCc1cc(-c3ccc(C(=O)N(C)C)cc3)ccc1O2. The highest BCUT2D eigenvalue weighted by Gasteiger charge is 2.41. The smallest absolute Gasteiger partial charge is 0.253 e. The number of hydrogen-bond acceptors (Lipinski definition) is 4. The fourth-order valence-corrected chi connectivity index (χ4v) is 4.89.